The fourth-order valence-corrected chi connectivity index (χ4v) is 5.08. The highest BCUT2D eigenvalue weighted by Gasteiger charge is 2.56. The quantitative estimate of drug-likeness (QED) is 0.454. The van der Waals surface area contributed by atoms with Gasteiger partial charge in [0.25, 0.3) is 5.91 Å². The summed E-state index contributed by atoms with van der Waals surface area (Å²) in [6, 6.07) is 4.91. The van der Waals surface area contributed by atoms with E-state index in [1.165, 1.54) is 0 Å². The summed E-state index contributed by atoms with van der Waals surface area (Å²) >= 11 is 0. The number of nitrogens with one attached hydrogen (secondary N) is 1. The fourth-order valence-electron chi connectivity index (χ4n) is 5.08. The van der Waals surface area contributed by atoms with Crippen LogP contribution in [0.25, 0.3) is 0 Å². The normalized spacial score (nSPS) is 25.4. The summed E-state index contributed by atoms with van der Waals surface area (Å²) in [7, 11) is 0. The molecule has 1 saturated heterocycles. The lowest BCUT2D eigenvalue weighted by atomic mass is 9.64. The minimum Gasteiger partial charge on any atom is -0.456 e. The van der Waals surface area contributed by atoms with Crippen LogP contribution in [0.2, 0.25) is 0 Å². The Morgan fingerprint density at radius 2 is 1.90 bits per heavy atom. The molecule has 0 aromatic heterocycles. The molecule has 1 aromatic carbocycles. The van der Waals surface area contributed by atoms with Gasteiger partial charge in [0.2, 0.25) is 5.78 Å². The van der Waals surface area contributed by atoms with Crippen LogP contribution < -0.4 is 5.32 Å². The van der Waals surface area contributed by atoms with E-state index in [2.05, 4.69) is 26.1 Å². The van der Waals surface area contributed by atoms with Crippen LogP contribution in [0.1, 0.15) is 61.5 Å². The molecule has 7 nitrogen and oxygen atoms in total. The van der Waals surface area contributed by atoms with Crippen molar-refractivity contribution in [3.8, 4) is 0 Å². The zero-order valence-corrected chi connectivity index (χ0v) is 18.3. The Balaban J connectivity index is 1.63. The molecule has 30 heavy (non-hydrogen) atoms. The van der Waals surface area contributed by atoms with E-state index in [1.54, 1.807) is 6.07 Å². The summed E-state index contributed by atoms with van der Waals surface area (Å²) < 4.78 is 5.09. The summed E-state index contributed by atoms with van der Waals surface area (Å²) in [6.07, 6.45) is 2.06. The molecule has 1 heterocycles. The molecule has 0 radical (unpaired) electrons. The van der Waals surface area contributed by atoms with Crippen LogP contribution in [0, 0.1) is 25.2 Å². The van der Waals surface area contributed by atoms with Gasteiger partial charge in [0.15, 0.2) is 6.61 Å². The maximum absolute atomic E-state index is 13.1. The first kappa shape index (κ1) is 22.0. The summed E-state index contributed by atoms with van der Waals surface area (Å²) in [5.41, 5.74) is 1.17. The first-order valence-corrected chi connectivity index (χ1v) is 10.3. The van der Waals surface area contributed by atoms with Crippen LogP contribution in [0.15, 0.2) is 18.2 Å². The van der Waals surface area contributed by atoms with E-state index in [-0.39, 0.29) is 23.0 Å². The van der Waals surface area contributed by atoms with Crippen LogP contribution >= 0.6 is 0 Å². The highest BCUT2D eigenvalue weighted by molar-refractivity contribution is 6.09. The number of ether oxygens (including phenoxy) is 1. The van der Waals surface area contributed by atoms with E-state index in [0.717, 1.165) is 22.4 Å². The predicted octanol–water partition coefficient (Wildman–Crippen LogP) is 3.17. The van der Waals surface area contributed by atoms with E-state index in [1.807, 2.05) is 26.0 Å². The molecule has 162 valence electrons. The molecule has 2 atom stereocenters. The van der Waals surface area contributed by atoms with Crippen LogP contribution in [-0.4, -0.2) is 47.3 Å². The number of ketones is 1. The molecular weight excluding hydrogens is 384 g/mol. The summed E-state index contributed by atoms with van der Waals surface area (Å²) in [4.78, 5) is 51.2. The van der Waals surface area contributed by atoms with Gasteiger partial charge in [-0.1, -0.05) is 38.5 Å². The molecule has 3 rings (SSSR count). The third-order valence-corrected chi connectivity index (χ3v) is 5.97. The highest BCUT2D eigenvalue weighted by atomic mass is 16.5. The average Bonchev–Trinajstić information content (AvgIpc) is 2.83. The van der Waals surface area contributed by atoms with Gasteiger partial charge in [-0.05, 0) is 56.1 Å². The van der Waals surface area contributed by atoms with Crippen molar-refractivity contribution in [2.24, 2.45) is 11.3 Å². The lowest BCUT2D eigenvalue weighted by Crippen LogP contribution is -2.54. The Hall–Kier alpha value is -2.70. The highest BCUT2D eigenvalue weighted by Crippen LogP contribution is 2.46. The largest absolute Gasteiger partial charge is 0.456 e. The van der Waals surface area contributed by atoms with Crippen LogP contribution in [0.3, 0.4) is 0 Å². The van der Waals surface area contributed by atoms with E-state index in [4.69, 9.17) is 4.74 Å². The zero-order chi connectivity index (χ0) is 22.3. The summed E-state index contributed by atoms with van der Waals surface area (Å²) in [5.74, 6) is -1.21. The number of urea groups is 1. The molecule has 1 aliphatic heterocycles. The van der Waals surface area contributed by atoms with Gasteiger partial charge in [-0.3, -0.25) is 19.3 Å². The molecule has 1 N–H and O–H groups in total. The fraction of sp³-hybridized carbons (Fsp3) is 0.565. The smallest absolute Gasteiger partial charge is 0.326 e. The van der Waals surface area contributed by atoms with Crippen LogP contribution in [0.4, 0.5) is 4.79 Å². The van der Waals surface area contributed by atoms with Gasteiger partial charge >= 0.3 is 12.0 Å². The Labute approximate surface area is 177 Å². The molecule has 1 saturated carbocycles. The van der Waals surface area contributed by atoms with Crippen LogP contribution in [0.5, 0.6) is 0 Å². The van der Waals surface area contributed by atoms with Crippen LogP contribution in [-0.2, 0) is 14.3 Å². The third-order valence-electron chi connectivity index (χ3n) is 5.97. The Kier molecular flexibility index (Phi) is 5.76. The standard InChI is InChI=1S/C23H30N2O5/c1-14-6-7-16(3)17(8-14)18(26)12-30-19(27)11-25-20(28)23(24-21(25)29)10-15(2)9-22(4,5)13-23/h6-8,15H,9-13H2,1-5H3,(H,24,29)/t15-,23+/m0/s1. The van der Waals surface area contributed by atoms with Gasteiger partial charge in [0, 0.05) is 5.56 Å². The molecule has 0 bridgehead atoms. The molecule has 1 aromatic rings. The number of amides is 3. The molecule has 2 fully saturated rings. The molecule has 3 amide bonds. The summed E-state index contributed by atoms with van der Waals surface area (Å²) in [5, 5.41) is 2.83. The number of hydrogen-bond acceptors (Lipinski definition) is 5. The van der Waals surface area contributed by atoms with E-state index in [9.17, 15) is 19.2 Å². The third kappa shape index (κ3) is 4.40. The monoisotopic (exact) mass is 414 g/mol. The molecule has 2 aliphatic rings. The second kappa shape index (κ2) is 7.85. The van der Waals surface area contributed by atoms with Crippen molar-refractivity contribution in [1.82, 2.24) is 10.2 Å². The number of nitrogens with zero attached hydrogens (tertiary/aromatic N) is 1. The van der Waals surface area contributed by atoms with E-state index in [0.29, 0.717) is 18.4 Å². The lowest BCUT2D eigenvalue weighted by Gasteiger charge is -2.43. The molecular formula is C23H30N2O5. The van der Waals surface area contributed by atoms with Gasteiger partial charge in [0.1, 0.15) is 12.1 Å². The molecule has 7 heteroatoms. The van der Waals surface area contributed by atoms with Crippen molar-refractivity contribution in [2.75, 3.05) is 13.2 Å². The van der Waals surface area contributed by atoms with E-state index < -0.39 is 30.7 Å². The minimum atomic E-state index is -0.965. The number of esters is 1. The first-order valence-electron chi connectivity index (χ1n) is 10.3. The molecule has 1 spiro atoms. The van der Waals surface area contributed by atoms with Gasteiger partial charge in [-0.2, -0.15) is 0 Å². The van der Waals surface area contributed by atoms with Crippen molar-refractivity contribution in [3.05, 3.63) is 34.9 Å². The van der Waals surface area contributed by atoms with Crippen molar-refractivity contribution >= 4 is 23.7 Å². The number of benzene rings is 1. The topological polar surface area (TPSA) is 92.8 Å². The second-order valence-corrected chi connectivity index (χ2v) is 9.66. The maximum atomic E-state index is 13.1. The van der Waals surface area contributed by atoms with Gasteiger partial charge in [0.05, 0.1) is 0 Å². The maximum Gasteiger partial charge on any atom is 0.326 e. The average molecular weight is 415 g/mol. The van der Waals surface area contributed by atoms with Crippen molar-refractivity contribution in [1.29, 1.82) is 0 Å². The number of imide groups is 1. The van der Waals surface area contributed by atoms with Crippen molar-refractivity contribution in [3.63, 3.8) is 0 Å². The number of hydrogen-bond donors (Lipinski definition) is 1. The predicted molar refractivity (Wildman–Crippen MR) is 111 cm³/mol. The van der Waals surface area contributed by atoms with Gasteiger partial charge in [-0.25, -0.2) is 4.79 Å². The van der Waals surface area contributed by atoms with Crippen molar-refractivity contribution in [2.45, 2.75) is 59.4 Å². The van der Waals surface area contributed by atoms with Gasteiger partial charge < -0.3 is 10.1 Å². The molecule has 1 aliphatic carbocycles. The summed E-state index contributed by atoms with van der Waals surface area (Å²) in [6.45, 7) is 9.00. The Bertz CT molecular complexity index is 907. The Morgan fingerprint density at radius 3 is 2.57 bits per heavy atom. The van der Waals surface area contributed by atoms with E-state index >= 15 is 0 Å². The Morgan fingerprint density at radius 1 is 1.20 bits per heavy atom. The molecule has 0 unspecified atom stereocenters. The van der Waals surface area contributed by atoms with Crippen molar-refractivity contribution < 1.29 is 23.9 Å². The first-order chi connectivity index (χ1) is 13.9. The number of aryl methyl sites for hydroxylation is 2. The SMILES string of the molecule is Cc1ccc(C)c(C(=O)COC(=O)CN2C(=O)N[C@@]3(C[C@@H](C)CC(C)(C)C3)C2=O)c1. The number of carbonyl (C=O) groups is 4. The second-order valence-electron chi connectivity index (χ2n) is 9.66. The number of Topliss-reactive ketones (excluding diaryl/α,β-unsaturated/α-hetero) is 1. The number of carbonyl (C=O) groups excluding carboxylic acids is 4. The van der Waals surface area contributed by atoms with Gasteiger partial charge in [-0.15, -0.1) is 0 Å². The minimum absolute atomic E-state index is 0.0881. The number of rotatable bonds is 5. The zero-order valence-electron chi connectivity index (χ0n) is 18.3. The lowest BCUT2D eigenvalue weighted by molar-refractivity contribution is -0.147.